The van der Waals surface area contributed by atoms with Crippen LogP contribution >= 0.6 is 15.9 Å². The van der Waals surface area contributed by atoms with Gasteiger partial charge in [-0.25, -0.2) is 0 Å². The third kappa shape index (κ3) is 3.33. The van der Waals surface area contributed by atoms with Crippen LogP contribution in [-0.2, 0) is 0 Å². The molecule has 0 atom stereocenters. The van der Waals surface area contributed by atoms with Crippen LogP contribution < -0.4 is 4.74 Å². The fourth-order valence-corrected chi connectivity index (χ4v) is 2.95. The molecule has 1 amide bonds. The van der Waals surface area contributed by atoms with Crippen molar-refractivity contribution >= 4 is 21.8 Å². The number of hydrogen-bond acceptors (Lipinski definition) is 3. The first-order chi connectivity index (χ1) is 9.52. The molecule has 1 heterocycles. The molecule has 1 saturated heterocycles. The van der Waals surface area contributed by atoms with Crippen molar-refractivity contribution in [1.82, 2.24) is 9.80 Å². The molecule has 4 nitrogen and oxygen atoms in total. The zero-order chi connectivity index (χ0) is 14.7. The molecule has 1 aliphatic heterocycles. The molecular formula is C15H21BrN2O2. The van der Waals surface area contributed by atoms with Gasteiger partial charge in [0, 0.05) is 17.6 Å². The van der Waals surface area contributed by atoms with Gasteiger partial charge in [-0.05, 0) is 67.1 Å². The van der Waals surface area contributed by atoms with E-state index in [1.807, 2.05) is 24.1 Å². The summed E-state index contributed by atoms with van der Waals surface area (Å²) in [6.07, 6.45) is 2.06. The third-order valence-electron chi connectivity index (χ3n) is 3.96. The summed E-state index contributed by atoms with van der Waals surface area (Å²) in [5.41, 5.74) is 0.658. The summed E-state index contributed by atoms with van der Waals surface area (Å²) >= 11 is 3.45. The molecule has 1 fully saturated rings. The molecule has 1 aromatic carbocycles. The number of halogens is 1. The van der Waals surface area contributed by atoms with Crippen LogP contribution in [0.1, 0.15) is 23.2 Å². The first kappa shape index (κ1) is 15.3. The number of carbonyl (C=O) groups excluding carboxylic acids is 1. The molecule has 0 aliphatic carbocycles. The SMILES string of the molecule is COc1ccc(Br)c(C(=O)N(C)C2CCN(C)CC2)c1. The molecule has 2 rings (SSSR count). The lowest BCUT2D eigenvalue weighted by Gasteiger charge is -2.35. The molecule has 20 heavy (non-hydrogen) atoms. The fourth-order valence-electron chi connectivity index (χ4n) is 2.53. The molecule has 0 unspecified atom stereocenters. The monoisotopic (exact) mass is 340 g/mol. The highest BCUT2D eigenvalue weighted by atomic mass is 79.9. The Labute approximate surface area is 128 Å². The van der Waals surface area contributed by atoms with E-state index in [1.54, 1.807) is 13.2 Å². The number of ether oxygens (including phenoxy) is 1. The van der Waals surface area contributed by atoms with E-state index in [-0.39, 0.29) is 5.91 Å². The average Bonchev–Trinajstić information content (AvgIpc) is 2.47. The van der Waals surface area contributed by atoms with Crippen LogP contribution in [0.25, 0.3) is 0 Å². The van der Waals surface area contributed by atoms with Crippen molar-refractivity contribution in [3.63, 3.8) is 0 Å². The normalized spacial score (nSPS) is 17.0. The predicted molar refractivity (Wildman–Crippen MR) is 83.3 cm³/mol. The molecule has 0 saturated carbocycles. The van der Waals surface area contributed by atoms with E-state index in [0.717, 1.165) is 30.4 Å². The largest absolute Gasteiger partial charge is 0.497 e. The highest BCUT2D eigenvalue weighted by Crippen LogP contribution is 2.25. The maximum absolute atomic E-state index is 12.6. The Balaban J connectivity index is 2.14. The third-order valence-corrected chi connectivity index (χ3v) is 4.65. The Bertz CT molecular complexity index is 485. The Kier molecular flexibility index (Phi) is 5.05. The second-order valence-electron chi connectivity index (χ2n) is 5.30. The quantitative estimate of drug-likeness (QED) is 0.847. The smallest absolute Gasteiger partial charge is 0.255 e. The van der Waals surface area contributed by atoms with Gasteiger partial charge in [0.05, 0.1) is 12.7 Å². The van der Waals surface area contributed by atoms with Gasteiger partial charge in [0.25, 0.3) is 5.91 Å². The lowest BCUT2D eigenvalue weighted by Crippen LogP contribution is -2.44. The van der Waals surface area contributed by atoms with Crippen LogP contribution in [0.3, 0.4) is 0 Å². The Morgan fingerprint density at radius 3 is 2.65 bits per heavy atom. The zero-order valence-corrected chi connectivity index (χ0v) is 13.8. The molecule has 1 aliphatic rings. The minimum Gasteiger partial charge on any atom is -0.497 e. The van der Waals surface area contributed by atoms with Crippen LogP contribution in [0.15, 0.2) is 22.7 Å². The van der Waals surface area contributed by atoms with Crippen molar-refractivity contribution in [3.8, 4) is 5.75 Å². The van der Waals surface area contributed by atoms with Crippen LogP contribution in [0.4, 0.5) is 0 Å². The average molecular weight is 341 g/mol. The number of piperidine rings is 1. The standard InChI is InChI=1S/C15H21BrN2O2/c1-17-8-6-11(7-9-17)18(2)15(19)13-10-12(20-3)4-5-14(13)16/h4-5,10-11H,6-9H2,1-3H3. The van der Waals surface area contributed by atoms with Crippen molar-refractivity contribution < 1.29 is 9.53 Å². The van der Waals surface area contributed by atoms with E-state index >= 15 is 0 Å². The molecule has 0 aromatic heterocycles. The van der Waals surface area contributed by atoms with Gasteiger partial charge in [-0.15, -0.1) is 0 Å². The summed E-state index contributed by atoms with van der Waals surface area (Å²) in [5.74, 6) is 0.749. The summed E-state index contributed by atoms with van der Waals surface area (Å²) in [6, 6.07) is 5.81. The van der Waals surface area contributed by atoms with Gasteiger partial charge in [-0.1, -0.05) is 0 Å². The van der Waals surface area contributed by atoms with Crippen LogP contribution in [0, 0.1) is 0 Å². The molecule has 110 valence electrons. The Morgan fingerprint density at radius 2 is 2.05 bits per heavy atom. The highest BCUT2D eigenvalue weighted by molar-refractivity contribution is 9.10. The molecule has 0 bridgehead atoms. The number of rotatable bonds is 3. The van der Waals surface area contributed by atoms with Gasteiger partial charge in [0.2, 0.25) is 0 Å². The van der Waals surface area contributed by atoms with E-state index in [0.29, 0.717) is 17.4 Å². The van der Waals surface area contributed by atoms with Crippen LogP contribution in [0.5, 0.6) is 5.75 Å². The highest BCUT2D eigenvalue weighted by Gasteiger charge is 2.25. The predicted octanol–water partition coefficient (Wildman–Crippen LogP) is 2.62. The van der Waals surface area contributed by atoms with Crippen molar-refractivity contribution in [2.75, 3.05) is 34.3 Å². The Hall–Kier alpha value is -1.07. The summed E-state index contributed by atoms with van der Waals surface area (Å²) < 4.78 is 6.01. The van der Waals surface area contributed by atoms with Gasteiger partial charge in [0.15, 0.2) is 0 Å². The maximum Gasteiger partial charge on any atom is 0.255 e. The van der Waals surface area contributed by atoms with E-state index in [9.17, 15) is 4.79 Å². The van der Waals surface area contributed by atoms with Crippen molar-refractivity contribution in [1.29, 1.82) is 0 Å². The zero-order valence-electron chi connectivity index (χ0n) is 12.2. The number of hydrogen-bond donors (Lipinski definition) is 0. The number of likely N-dealkylation sites (tertiary alicyclic amines) is 1. The maximum atomic E-state index is 12.6. The van der Waals surface area contributed by atoms with Crippen LogP contribution in [-0.4, -0.2) is 56.0 Å². The minimum atomic E-state index is 0.0466. The van der Waals surface area contributed by atoms with Gasteiger partial charge in [-0.3, -0.25) is 4.79 Å². The van der Waals surface area contributed by atoms with E-state index in [4.69, 9.17) is 4.74 Å². The summed E-state index contributed by atoms with van der Waals surface area (Å²) in [6.45, 7) is 2.09. The molecule has 0 N–H and O–H groups in total. The molecule has 0 spiro atoms. The lowest BCUT2D eigenvalue weighted by atomic mass is 10.0. The molecular weight excluding hydrogens is 320 g/mol. The minimum absolute atomic E-state index is 0.0466. The number of benzene rings is 1. The van der Waals surface area contributed by atoms with E-state index in [2.05, 4.69) is 27.9 Å². The van der Waals surface area contributed by atoms with Gasteiger partial charge >= 0.3 is 0 Å². The van der Waals surface area contributed by atoms with Gasteiger partial charge < -0.3 is 14.5 Å². The number of nitrogens with zero attached hydrogens (tertiary/aromatic N) is 2. The first-order valence-electron chi connectivity index (χ1n) is 6.82. The van der Waals surface area contributed by atoms with Crippen molar-refractivity contribution in [3.05, 3.63) is 28.2 Å². The fraction of sp³-hybridized carbons (Fsp3) is 0.533. The van der Waals surface area contributed by atoms with Crippen LogP contribution in [0.2, 0.25) is 0 Å². The topological polar surface area (TPSA) is 32.8 Å². The van der Waals surface area contributed by atoms with Crippen molar-refractivity contribution in [2.24, 2.45) is 0 Å². The lowest BCUT2D eigenvalue weighted by molar-refractivity contribution is 0.0658. The van der Waals surface area contributed by atoms with E-state index in [1.165, 1.54) is 0 Å². The number of methoxy groups -OCH3 is 1. The molecule has 1 aromatic rings. The molecule has 0 radical (unpaired) electrons. The summed E-state index contributed by atoms with van der Waals surface area (Å²) in [4.78, 5) is 16.8. The van der Waals surface area contributed by atoms with E-state index < -0.39 is 0 Å². The first-order valence-corrected chi connectivity index (χ1v) is 7.61. The van der Waals surface area contributed by atoms with Gasteiger partial charge in [0.1, 0.15) is 5.75 Å². The van der Waals surface area contributed by atoms with Gasteiger partial charge in [-0.2, -0.15) is 0 Å². The summed E-state index contributed by atoms with van der Waals surface area (Å²) in [7, 11) is 5.62. The summed E-state index contributed by atoms with van der Waals surface area (Å²) in [5, 5.41) is 0. The second kappa shape index (κ2) is 6.59. The Morgan fingerprint density at radius 1 is 1.40 bits per heavy atom. The number of carbonyl (C=O) groups is 1. The second-order valence-corrected chi connectivity index (χ2v) is 6.15. The molecule has 5 heteroatoms. The number of amides is 1. The van der Waals surface area contributed by atoms with Crippen molar-refractivity contribution in [2.45, 2.75) is 18.9 Å².